The van der Waals surface area contributed by atoms with Crippen molar-refractivity contribution in [1.82, 2.24) is 19.7 Å². The monoisotopic (exact) mass is 314 g/mol. The standard InChI is InChI=1S/C17H22N4O2/c1-20(10-4-6-14-7-5-11-23-14)17(22)15-8-2-3-9-16(15)21-12-18-19-13-21/h2-3,8-9,12-14H,4-7,10-11H2,1H3/t14-/m0/s1. The zero-order chi connectivity index (χ0) is 16.1. The Morgan fingerprint density at radius 2 is 2.13 bits per heavy atom. The predicted molar refractivity (Wildman–Crippen MR) is 86.5 cm³/mol. The molecule has 23 heavy (non-hydrogen) atoms. The van der Waals surface area contributed by atoms with Gasteiger partial charge in [0.25, 0.3) is 5.91 Å². The van der Waals surface area contributed by atoms with Crippen LogP contribution in [-0.4, -0.2) is 51.9 Å². The molecule has 1 fully saturated rings. The van der Waals surface area contributed by atoms with Gasteiger partial charge in [0.2, 0.25) is 0 Å². The van der Waals surface area contributed by atoms with Crippen LogP contribution in [0.3, 0.4) is 0 Å². The van der Waals surface area contributed by atoms with Gasteiger partial charge in [-0.05, 0) is 37.8 Å². The van der Waals surface area contributed by atoms with Crippen LogP contribution in [0, 0.1) is 0 Å². The highest BCUT2D eigenvalue weighted by atomic mass is 16.5. The molecular weight excluding hydrogens is 292 g/mol. The lowest BCUT2D eigenvalue weighted by Crippen LogP contribution is -2.29. The molecule has 0 radical (unpaired) electrons. The molecule has 1 aliphatic rings. The zero-order valence-corrected chi connectivity index (χ0v) is 13.4. The van der Waals surface area contributed by atoms with Gasteiger partial charge in [-0.3, -0.25) is 9.36 Å². The summed E-state index contributed by atoms with van der Waals surface area (Å²) in [5.41, 5.74) is 1.46. The Hall–Kier alpha value is -2.21. The third-order valence-corrected chi connectivity index (χ3v) is 4.22. The van der Waals surface area contributed by atoms with Gasteiger partial charge in [0.1, 0.15) is 12.7 Å². The summed E-state index contributed by atoms with van der Waals surface area (Å²) in [4.78, 5) is 14.5. The summed E-state index contributed by atoms with van der Waals surface area (Å²) >= 11 is 0. The number of hydrogen-bond acceptors (Lipinski definition) is 4. The average molecular weight is 314 g/mol. The van der Waals surface area contributed by atoms with Gasteiger partial charge >= 0.3 is 0 Å². The topological polar surface area (TPSA) is 60.2 Å². The van der Waals surface area contributed by atoms with E-state index in [0.717, 1.165) is 44.5 Å². The molecule has 0 aliphatic carbocycles. The maximum Gasteiger partial charge on any atom is 0.255 e. The number of para-hydroxylation sites is 1. The molecule has 0 N–H and O–H groups in total. The zero-order valence-electron chi connectivity index (χ0n) is 13.4. The second-order valence-corrected chi connectivity index (χ2v) is 5.89. The van der Waals surface area contributed by atoms with Crippen molar-refractivity contribution in [1.29, 1.82) is 0 Å². The second-order valence-electron chi connectivity index (χ2n) is 5.89. The van der Waals surface area contributed by atoms with Crippen LogP contribution in [0.15, 0.2) is 36.9 Å². The first-order valence-corrected chi connectivity index (χ1v) is 8.07. The molecular formula is C17H22N4O2. The highest BCUT2D eigenvalue weighted by Gasteiger charge is 2.18. The lowest BCUT2D eigenvalue weighted by atomic mass is 10.1. The van der Waals surface area contributed by atoms with Gasteiger partial charge in [0.15, 0.2) is 0 Å². The Kier molecular flexibility index (Phi) is 5.02. The van der Waals surface area contributed by atoms with Crippen molar-refractivity contribution in [3.8, 4) is 5.69 Å². The highest BCUT2D eigenvalue weighted by Crippen LogP contribution is 2.18. The van der Waals surface area contributed by atoms with E-state index in [1.54, 1.807) is 22.1 Å². The normalized spacial score (nSPS) is 17.3. The van der Waals surface area contributed by atoms with E-state index in [1.807, 2.05) is 31.3 Å². The Morgan fingerprint density at radius 3 is 2.87 bits per heavy atom. The molecule has 2 heterocycles. The maximum absolute atomic E-state index is 12.7. The molecule has 0 unspecified atom stereocenters. The van der Waals surface area contributed by atoms with Crippen LogP contribution >= 0.6 is 0 Å². The number of aromatic nitrogens is 3. The summed E-state index contributed by atoms with van der Waals surface area (Å²) in [5, 5.41) is 7.62. The number of nitrogens with zero attached hydrogens (tertiary/aromatic N) is 4. The van der Waals surface area contributed by atoms with Crippen LogP contribution in [-0.2, 0) is 4.74 Å². The minimum atomic E-state index is 0.0154. The molecule has 1 saturated heterocycles. The van der Waals surface area contributed by atoms with Gasteiger partial charge in [0.05, 0.1) is 17.4 Å². The van der Waals surface area contributed by atoms with Crippen LogP contribution in [0.1, 0.15) is 36.0 Å². The fourth-order valence-corrected chi connectivity index (χ4v) is 2.94. The number of amides is 1. The van der Waals surface area contributed by atoms with Crippen LogP contribution in [0.5, 0.6) is 0 Å². The van der Waals surface area contributed by atoms with Crippen molar-refractivity contribution in [2.45, 2.75) is 31.8 Å². The summed E-state index contributed by atoms with van der Waals surface area (Å²) in [7, 11) is 1.85. The fraction of sp³-hybridized carbons (Fsp3) is 0.471. The van der Waals surface area contributed by atoms with E-state index in [9.17, 15) is 4.79 Å². The molecule has 0 bridgehead atoms. The van der Waals surface area contributed by atoms with Gasteiger partial charge in [0, 0.05) is 20.2 Å². The molecule has 0 spiro atoms. The first-order valence-electron chi connectivity index (χ1n) is 8.07. The second kappa shape index (κ2) is 7.37. The highest BCUT2D eigenvalue weighted by molar-refractivity contribution is 5.97. The summed E-state index contributed by atoms with van der Waals surface area (Å²) in [6, 6.07) is 7.52. The smallest absolute Gasteiger partial charge is 0.255 e. The Morgan fingerprint density at radius 1 is 1.35 bits per heavy atom. The van der Waals surface area contributed by atoms with Gasteiger partial charge in [-0.1, -0.05) is 12.1 Å². The SMILES string of the molecule is CN(CCC[C@H]1CCCO1)C(=O)c1ccccc1-n1cnnc1. The predicted octanol–water partition coefficient (Wildman–Crippen LogP) is 2.30. The van der Waals surface area contributed by atoms with E-state index in [2.05, 4.69) is 10.2 Å². The molecule has 122 valence electrons. The number of carbonyl (C=O) groups is 1. The van der Waals surface area contributed by atoms with Gasteiger partial charge in [-0.25, -0.2) is 0 Å². The van der Waals surface area contributed by atoms with Crippen LogP contribution in [0.2, 0.25) is 0 Å². The summed E-state index contributed by atoms with van der Waals surface area (Å²) in [5.74, 6) is 0.0154. The van der Waals surface area contributed by atoms with E-state index in [4.69, 9.17) is 4.74 Å². The largest absolute Gasteiger partial charge is 0.378 e. The molecule has 6 heteroatoms. The molecule has 0 saturated carbocycles. The average Bonchev–Trinajstić information content (AvgIpc) is 3.27. The van der Waals surface area contributed by atoms with Crippen molar-refractivity contribution < 1.29 is 9.53 Å². The van der Waals surface area contributed by atoms with Crippen LogP contribution in [0.4, 0.5) is 0 Å². The molecule has 1 aromatic heterocycles. The number of ether oxygens (including phenoxy) is 1. The van der Waals surface area contributed by atoms with E-state index in [0.29, 0.717) is 11.7 Å². The molecule has 1 amide bonds. The van der Waals surface area contributed by atoms with Crippen molar-refractivity contribution in [2.75, 3.05) is 20.2 Å². The Labute approximate surface area is 136 Å². The van der Waals surface area contributed by atoms with E-state index < -0.39 is 0 Å². The van der Waals surface area contributed by atoms with E-state index in [1.165, 1.54) is 0 Å². The van der Waals surface area contributed by atoms with Gasteiger partial charge < -0.3 is 9.64 Å². The molecule has 6 nitrogen and oxygen atoms in total. The van der Waals surface area contributed by atoms with Crippen molar-refractivity contribution in [3.63, 3.8) is 0 Å². The molecule has 3 rings (SSSR count). The third kappa shape index (κ3) is 3.76. The molecule has 1 aliphatic heterocycles. The van der Waals surface area contributed by atoms with Crippen LogP contribution < -0.4 is 0 Å². The van der Waals surface area contributed by atoms with Crippen molar-refractivity contribution in [3.05, 3.63) is 42.5 Å². The van der Waals surface area contributed by atoms with E-state index in [-0.39, 0.29) is 5.91 Å². The summed E-state index contributed by atoms with van der Waals surface area (Å²) < 4.78 is 7.38. The maximum atomic E-state index is 12.7. The van der Waals surface area contributed by atoms with Crippen molar-refractivity contribution in [2.24, 2.45) is 0 Å². The lowest BCUT2D eigenvalue weighted by Gasteiger charge is -2.20. The first-order chi connectivity index (χ1) is 11.3. The number of carbonyl (C=O) groups excluding carboxylic acids is 1. The van der Waals surface area contributed by atoms with Crippen molar-refractivity contribution >= 4 is 5.91 Å². The minimum absolute atomic E-state index is 0.0154. The van der Waals surface area contributed by atoms with Gasteiger partial charge in [-0.15, -0.1) is 10.2 Å². The quantitative estimate of drug-likeness (QED) is 0.821. The molecule has 1 aromatic carbocycles. The number of rotatable bonds is 6. The lowest BCUT2D eigenvalue weighted by molar-refractivity contribution is 0.0763. The Bertz CT molecular complexity index is 636. The summed E-state index contributed by atoms with van der Waals surface area (Å²) in [6.45, 7) is 1.61. The molecule has 1 atom stereocenters. The fourth-order valence-electron chi connectivity index (χ4n) is 2.94. The first kappa shape index (κ1) is 15.7. The number of hydrogen-bond donors (Lipinski definition) is 0. The third-order valence-electron chi connectivity index (χ3n) is 4.22. The Balaban J connectivity index is 1.63. The number of benzene rings is 1. The van der Waals surface area contributed by atoms with E-state index >= 15 is 0 Å². The minimum Gasteiger partial charge on any atom is -0.378 e. The van der Waals surface area contributed by atoms with Gasteiger partial charge in [-0.2, -0.15) is 0 Å². The van der Waals surface area contributed by atoms with Crippen LogP contribution in [0.25, 0.3) is 5.69 Å². The molecule has 2 aromatic rings. The summed E-state index contributed by atoms with van der Waals surface area (Å²) in [6.07, 6.45) is 7.86.